The zero-order chi connectivity index (χ0) is 20.6. The first-order valence-electron chi connectivity index (χ1n) is 9.40. The largest absolute Gasteiger partial charge is 0.494 e. The van der Waals surface area contributed by atoms with E-state index in [1.165, 1.54) is 17.8 Å². The quantitative estimate of drug-likeness (QED) is 0.387. The summed E-state index contributed by atoms with van der Waals surface area (Å²) in [7, 11) is 0. The minimum absolute atomic E-state index is 0.0895. The molecular weight excluding hydrogens is 391 g/mol. The van der Waals surface area contributed by atoms with Crippen LogP contribution in [0.3, 0.4) is 0 Å². The van der Waals surface area contributed by atoms with Crippen LogP contribution in [-0.2, 0) is 4.79 Å². The standard InChI is InChI=1S/C21H23FN4O2S/c1-3-4-11-28-16-8-6-15(7-9-16)20-24-21(26-25-20)29-13-19(27)23-18-12-14(2)5-10-17(18)22/h5-10,12H,3-4,11,13H2,1-2H3,(H,23,27)(H,24,25,26). The molecule has 29 heavy (non-hydrogen) atoms. The van der Waals surface area contributed by atoms with Crippen LogP contribution in [0.2, 0.25) is 0 Å². The lowest BCUT2D eigenvalue weighted by Crippen LogP contribution is -2.15. The number of anilines is 1. The molecular formula is C21H23FN4O2S. The third-order valence-electron chi connectivity index (χ3n) is 4.10. The Bertz CT molecular complexity index is 960. The molecule has 0 aliphatic heterocycles. The van der Waals surface area contributed by atoms with Gasteiger partial charge in [-0.05, 0) is 55.3 Å². The van der Waals surface area contributed by atoms with Gasteiger partial charge in [0.05, 0.1) is 18.0 Å². The molecule has 0 bridgehead atoms. The van der Waals surface area contributed by atoms with Crippen molar-refractivity contribution < 1.29 is 13.9 Å². The number of ether oxygens (including phenoxy) is 1. The lowest BCUT2D eigenvalue weighted by molar-refractivity contribution is -0.113. The van der Waals surface area contributed by atoms with Crippen molar-refractivity contribution in [1.82, 2.24) is 15.2 Å². The third-order valence-corrected chi connectivity index (χ3v) is 4.96. The number of amides is 1. The number of aromatic nitrogens is 3. The molecule has 0 saturated carbocycles. The zero-order valence-electron chi connectivity index (χ0n) is 16.4. The van der Waals surface area contributed by atoms with E-state index in [-0.39, 0.29) is 17.3 Å². The van der Waals surface area contributed by atoms with E-state index in [2.05, 4.69) is 27.4 Å². The van der Waals surface area contributed by atoms with E-state index in [1.54, 1.807) is 12.1 Å². The average Bonchev–Trinajstić information content (AvgIpc) is 3.19. The van der Waals surface area contributed by atoms with Gasteiger partial charge in [-0.15, -0.1) is 10.2 Å². The van der Waals surface area contributed by atoms with E-state index >= 15 is 0 Å². The summed E-state index contributed by atoms with van der Waals surface area (Å²) < 4.78 is 19.4. The number of benzene rings is 2. The molecule has 1 heterocycles. The number of thioether (sulfide) groups is 1. The first kappa shape index (κ1) is 20.9. The smallest absolute Gasteiger partial charge is 0.234 e. The Balaban J connectivity index is 1.53. The van der Waals surface area contributed by atoms with Crippen molar-refractivity contribution in [1.29, 1.82) is 0 Å². The number of rotatable bonds is 9. The third kappa shape index (κ3) is 6.05. The molecule has 0 unspecified atom stereocenters. The first-order chi connectivity index (χ1) is 14.0. The highest BCUT2D eigenvalue weighted by molar-refractivity contribution is 7.99. The van der Waals surface area contributed by atoms with Crippen LogP contribution in [0, 0.1) is 12.7 Å². The van der Waals surface area contributed by atoms with Gasteiger partial charge in [-0.3, -0.25) is 4.79 Å². The fourth-order valence-corrected chi connectivity index (χ4v) is 3.15. The van der Waals surface area contributed by atoms with Gasteiger partial charge in [0.1, 0.15) is 11.6 Å². The fraction of sp³-hybridized carbons (Fsp3) is 0.286. The summed E-state index contributed by atoms with van der Waals surface area (Å²) in [4.78, 5) is 15.2. The van der Waals surface area contributed by atoms with Crippen LogP contribution in [0.15, 0.2) is 47.6 Å². The van der Waals surface area contributed by atoms with Crippen molar-refractivity contribution in [3.63, 3.8) is 0 Å². The zero-order valence-corrected chi connectivity index (χ0v) is 17.2. The van der Waals surface area contributed by atoms with Crippen molar-refractivity contribution in [3.05, 3.63) is 53.8 Å². The van der Waals surface area contributed by atoms with Crippen molar-refractivity contribution in [2.24, 2.45) is 0 Å². The van der Waals surface area contributed by atoms with Gasteiger partial charge in [-0.1, -0.05) is 31.2 Å². The van der Waals surface area contributed by atoms with Crippen LogP contribution in [0.1, 0.15) is 25.3 Å². The summed E-state index contributed by atoms with van der Waals surface area (Å²) in [6.07, 6.45) is 2.11. The van der Waals surface area contributed by atoms with Crippen LogP contribution in [0.25, 0.3) is 11.4 Å². The minimum Gasteiger partial charge on any atom is -0.494 e. The minimum atomic E-state index is -0.460. The Kier molecular flexibility index (Phi) is 7.24. The number of hydrogen-bond acceptors (Lipinski definition) is 5. The average molecular weight is 415 g/mol. The second-order valence-corrected chi connectivity index (χ2v) is 7.49. The molecule has 2 N–H and O–H groups in total. The monoisotopic (exact) mass is 414 g/mol. The van der Waals surface area contributed by atoms with Crippen molar-refractivity contribution in [3.8, 4) is 17.1 Å². The van der Waals surface area contributed by atoms with Gasteiger partial charge >= 0.3 is 0 Å². The molecule has 2 aromatic carbocycles. The van der Waals surface area contributed by atoms with Gasteiger partial charge in [-0.2, -0.15) is 0 Å². The summed E-state index contributed by atoms with van der Waals surface area (Å²) in [5.41, 5.74) is 1.92. The van der Waals surface area contributed by atoms with E-state index in [1.807, 2.05) is 31.2 Å². The molecule has 1 amide bonds. The van der Waals surface area contributed by atoms with Gasteiger partial charge in [0.15, 0.2) is 11.0 Å². The van der Waals surface area contributed by atoms with Crippen molar-refractivity contribution in [2.45, 2.75) is 31.8 Å². The molecule has 3 aromatic rings. The highest BCUT2D eigenvalue weighted by atomic mass is 32.2. The predicted molar refractivity (Wildman–Crippen MR) is 113 cm³/mol. The molecule has 0 fully saturated rings. The Morgan fingerprint density at radius 3 is 2.76 bits per heavy atom. The normalized spacial score (nSPS) is 10.7. The first-order valence-corrected chi connectivity index (χ1v) is 10.4. The highest BCUT2D eigenvalue weighted by Gasteiger charge is 2.11. The topological polar surface area (TPSA) is 79.9 Å². The molecule has 6 nitrogen and oxygen atoms in total. The maximum atomic E-state index is 13.7. The van der Waals surface area contributed by atoms with Gasteiger partial charge in [-0.25, -0.2) is 4.39 Å². The summed E-state index contributed by atoms with van der Waals surface area (Å²) in [6, 6.07) is 12.2. The SMILES string of the molecule is CCCCOc1ccc(-c2nnc(SCC(=O)Nc3cc(C)ccc3F)[nH]2)cc1. The molecule has 0 radical (unpaired) electrons. The number of unbranched alkanes of at least 4 members (excludes halogenated alkanes) is 1. The van der Waals surface area contributed by atoms with Gasteiger partial charge < -0.3 is 15.0 Å². The van der Waals surface area contributed by atoms with Gasteiger partial charge in [0.2, 0.25) is 5.91 Å². The van der Waals surface area contributed by atoms with E-state index in [4.69, 9.17) is 4.74 Å². The maximum Gasteiger partial charge on any atom is 0.234 e. The lowest BCUT2D eigenvalue weighted by Gasteiger charge is -2.06. The number of carbonyl (C=O) groups is 1. The molecule has 0 spiro atoms. The summed E-state index contributed by atoms with van der Waals surface area (Å²) in [5.74, 6) is 0.741. The molecule has 152 valence electrons. The summed E-state index contributed by atoms with van der Waals surface area (Å²) in [5, 5.41) is 11.3. The maximum absolute atomic E-state index is 13.7. The Morgan fingerprint density at radius 2 is 2.00 bits per heavy atom. The van der Waals surface area contributed by atoms with E-state index in [0.717, 1.165) is 29.7 Å². The van der Waals surface area contributed by atoms with Crippen LogP contribution in [0.5, 0.6) is 5.75 Å². The van der Waals surface area contributed by atoms with E-state index in [0.29, 0.717) is 17.6 Å². The van der Waals surface area contributed by atoms with Crippen LogP contribution in [-0.4, -0.2) is 33.4 Å². The van der Waals surface area contributed by atoms with Gasteiger partial charge in [0, 0.05) is 5.56 Å². The van der Waals surface area contributed by atoms with Crippen LogP contribution >= 0.6 is 11.8 Å². The predicted octanol–water partition coefficient (Wildman–Crippen LogP) is 4.83. The second kappa shape index (κ2) is 10.1. The second-order valence-electron chi connectivity index (χ2n) is 6.53. The number of aryl methyl sites for hydroxylation is 1. The number of hydrogen-bond donors (Lipinski definition) is 2. The highest BCUT2D eigenvalue weighted by Crippen LogP contribution is 2.22. The summed E-state index contributed by atoms with van der Waals surface area (Å²) >= 11 is 1.20. The van der Waals surface area contributed by atoms with Crippen molar-refractivity contribution in [2.75, 3.05) is 17.7 Å². The molecule has 8 heteroatoms. The molecule has 0 atom stereocenters. The molecule has 3 rings (SSSR count). The van der Waals surface area contributed by atoms with Crippen LogP contribution < -0.4 is 10.1 Å². The van der Waals surface area contributed by atoms with Gasteiger partial charge in [0.25, 0.3) is 0 Å². The Labute approximate surface area is 173 Å². The molecule has 1 aromatic heterocycles. The number of nitrogens with one attached hydrogen (secondary N) is 2. The lowest BCUT2D eigenvalue weighted by atomic mass is 10.2. The number of carbonyl (C=O) groups excluding carboxylic acids is 1. The van der Waals surface area contributed by atoms with E-state index < -0.39 is 5.82 Å². The fourth-order valence-electron chi connectivity index (χ4n) is 2.54. The molecule has 0 aliphatic rings. The number of H-pyrrole nitrogens is 1. The number of aromatic amines is 1. The molecule has 0 saturated heterocycles. The molecule has 0 aliphatic carbocycles. The van der Waals surface area contributed by atoms with E-state index in [9.17, 15) is 9.18 Å². The number of halogens is 1. The Morgan fingerprint density at radius 1 is 1.21 bits per heavy atom. The Hall–Kier alpha value is -2.87. The number of nitrogens with zero attached hydrogens (tertiary/aromatic N) is 2. The van der Waals surface area contributed by atoms with Crippen LogP contribution in [0.4, 0.5) is 10.1 Å². The van der Waals surface area contributed by atoms with Crippen molar-refractivity contribution >= 4 is 23.4 Å². The summed E-state index contributed by atoms with van der Waals surface area (Å²) in [6.45, 7) is 4.66.